The van der Waals surface area contributed by atoms with Crippen molar-refractivity contribution < 1.29 is 5.11 Å². The maximum absolute atomic E-state index is 10.1. The van der Waals surface area contributed by atoms with E-state index in [2.05, 4.69) is 23.2 Å². The lowest BCUT2D eigenvalue weighted by molar-refractivity contribution is 0.162. The molecule has 3 heteroatoms. The van der Waals surface area contributed by atoms with Crippen molar-refractivity contribution in [1.82, 2.24) is 10.2 Å². The number of phenolic OH excluding ortho intramolecular Hbond substituents is 1. The SMILES string of the molecule is Cc1ccc(C(C)NC2CCN3CCCC3C2)c(O)c1. The molecule has 0 amide bonds. The average Bonchev–Trinajstić information content (AvgIpc) is 2.85. The van der Waals surface area contributed by atoms with Gasteiger partial charge in [-0.2, -0.15) is 0 Å². The first-order valence-corrected chi connectivity index (χ1v) is 7.93. The van der Waals surface area contributed by atoms with Crippen molar-refractivity contribution in [2.75, 3.05) is 13.1 Å². The number of nitrogens with zero attached hydrogens (tertiary/aromatic N) is 1. The van der Waals surface area contributed by atoms with E-state index < -0.39 is 0 Å². The molecule has 110 valence electrons. The normalized spacial score (nSPS) is 28.3. The zero-order valence-electron chi connectivity index (χ0n) is 12.6. The van der Waals surface area contributed by atoms with Crippen molar-refractivity contribution in [2.45, 2.75) is 57.7 Å². The first-order chi connectivity index (χ1) is 9.63. The third-order valence-corrected chi connectivity index (χ3v) is 4.96. The van der Waals surface area contributed by atoms with Gasteiger partial charge in [-0.25, -0.2) is 0 Å². The Morgan fingerprint density at radius 1 is 1.30 bits per heavy atom. The molecule has 2 N–H and O–H groups in total. The predicted molar refractivity (Wildman–Crippen MR) is 82.0 cm³/mol. The summed E-state index contributed by atoms with van der Waals surface area (Å²) in [7, 11) is 0. The summed E-state index contributed by atoms with van der Waals surface area (Å²) in [6.07, 6.45) is 5.22. The third-order valence-electron chi connectivity index (χ3n) is 4.96. The number of rotatable bonds is 3. The molecule has 2 heterocycles. The molecule has 0 radical (unpaired) electrons. The number of nitrogens with one attached hydrogen (secondary N) is 1. The first kappa shape index (κ1) is 13.9. The van der Waals surface area contributed by atoms with Gasteiger partial charge in [0.15, 0.2) is 0 Å². The van der Waals surface area contributed by atoms with Gasteiger partial charge in [0.1, 0.15) is 5.75 Å². The van der Waals surface area contributed by atoms with E-state index in [-0.39, 0.29) is 6.04 Å². The number of benzene rings is 1. The lowest BCUT2D eigenvalue weighted by Crippen LogP contribution is -2.46. The largest absolute Gasteiger partial charge is 0.508 e. The molecule has 1 aromatic rings. The van der Waals surface area contributed by atoms with Crippen molar-refractivity contribution in [2.24, 2.45) is 0 Å². The Morgan fingerprint density at radius 2 is 2.15 bits per heavy atom. The van der Waals surface area contributed by atoms with E-state index in [1.807, 2.05) is 19.1 Å². The summed E-state index contributed by atoms with van der Waals surface area (Å²) in [6, 6.07) is 7.58. The molecule has 3 nitrogen and oxygen atoms in total. The molecule has 2 saturated heterocycles. The molecule has 0 saturated carbocycles. The summed E-state index contributed by atoms with van der Waals surface area (Å²) in [6.45, 7) is 6.70. The fraction of sp³-hybridized carbons (Fsp3) is 0.647. The van der Waals surface area contributed by atoms with Crippen LogP contribution >= 0.6 is 0 Å². The Labute approximate surface area is 122 Å². The van der Waals surface area contributed by atoms with Gasteiger partial charge in [-0.3, -0.25) is 0 Å². The van der Waals surface area contributed by atoms with E-state index in [9.17, 15) is 5.11 Å². The van der Waals surface area contributed by atoms with Gasteiger partial charge in [0, 0.05) is 23.7 Å². The topological polar surface area (TPSA) is 35.5 Å². The zero-order valence-corrected chi connectivity index (χ0v) is 12.6. The zero-order chi connectivity index (χ0) is 14.1. The van der Waals surface area contributed by atoms with Crippen molar-refractivity contribution in [1.29, 1.82) is 0 Å². The van der Waals surface area contributed by atoms with Crippen LogP contribution in [0, 0.1) is 6.92 Å². The van der Waals surface area contributed by atoms with Crippen LogP contribution in [0.4, 0.5) is 0 Å². The quantitative estimate of drug-likeness (QED) is 0.889. The van der Waals surface area contributed by atoms with E-state index in [0.717, 1.165) is 17.2 Å². The molecular formula is C17H26N2O. The van der Waals surface area contributed by atoms with E-state index in [0.29, 0.717) is 11.8 Å². The predicted octanol–water partition coefficient (Wildman–Crippen LogP) is 2.98. The van der Waals surface area contributed by atoms with Gasteiger partial charge in [-0.1, -0.05) is 12.1 Å². The highest BCUT2D eigenvalue weighted by molar-refractivity contribution is 5.37. The van der Waals surface area contributed by atoms with Crippen LogP contribution in [0.1, 0.15) is 49.8 Å². The van der Waals surface area contributed by atoms with Crippen LogP contribution in [-0.2, 0) is 0 Å². The molecule has 3 rings (SSSR count). The molecule has 3 atom stereocenters. The van der Waals surface area contributed by atoms with Crippen LogP contribution in [0.3, 0.4) is 0 Å². The molecule has 0 aliphatic carbocycles. The number of aromatic hydroxyl groups is 1. The molecular weight excluding hydrogens is 248 g/mol. The molecule has 0 aromatic heterocycles. The highest BCUT2D eigenvalue weighted by atomic mass is 16.3. The average molecular weight is 274 g/mol. The van der Waals surface area contributed by atoms with Crippen molar-refractivity contribution in [3.8, 4) is 5.75 Å². The lowest BCUT2D eigenvalue weighted by atomic mass is 9.95. The molecule has 0 bridgehead atoms. The number of hydrogen-bond acceptors (Lipinski definition) is 3. The molecule has 0 spiro atoms. The van der Waals surface area contributed by atoms with Crippen LogP contribution in [0.25, 0.3) is 0 Å². The van der Waals surface area contributed by atoms with Crippen LogP contribution in [0.5, 0.6) is 5.75 Å². The van der Waals surface area contributed by atoms with E-state index in [1.54, 1.807) is 0 Å². The highest BCUT2D eigenvalue weighted by Crippen LogP contribution is 2.30. The van der Waals surface area contributed by atoms with E-state index in [4.69, 9.17) is 0 Å². The Hall–Kier alpha value is -1.06. The minimum atomic E-state index is 0.216. The fourth-order valence-corrected chi connectivity index (χ4v) is 3.84. The number of piperidine rings is 1. The summed E-state index contributed by atoms with van der Waals surface area (Å²) >= 11 is 0. The van der Waals surface area contributed by atoms with Gasteiger partial charge >= 0.3 is 0 Å². The second kappa shape index (κ2) is 5.74. The van der Waals surface area contributed by atoms with Gasteiger partial charge < -0.3 is 15.3 Å². The lowest BCUT2D eigenvalue weighted by Gasteiger charge is -2.36. The molecule has 2 aliphatic rings. The number of hydrogen-bond donors (Lipinski definition) is 2. The van der Waals surface area contributed by atoms with Gasteiger partial charge in [0.05, 0.1) is 0 Å². The fourth-order valence-electron chi connectivity index (χ4n) is 3.84. The van der Waals surface area contributed by atoms with Crippen LogP contribution in [0.15, 0.2) is 18.2 Å². The first-order valence-electron chi connectivity index (χ1n) is 7.93. The van der Waals surface area contributed by atoms with Crippen LogP contribution in [-0.4, -0.2) is 35.2 Å². The molecule has 2 fully saturated rings. The van der Waals surface area contributed by atoms with Gasteiger partial charge in [0.25, 0.3) is 0 Å². The molecule has 2 aliphatic heterocycles. The van der Waals surface area contributed by atoms with E-state index >= 15 is 0 Å². The Morgan fingerprint density at radius 3 is 2.95 bits per heavy atom. The third kappa shape index (κ3) is 2.84. The Kier molecular flexibility index (Phi) is 3.99. The van der Waals surface area contributed by atoms with Gasteiger partial charge in [-0.05, 0) is 64.3 Å². The smallest absolute Gasteiger partial charge is 0.120 e. The van der Waals surface area contributed by atoms with Crippen molar-refractivity contribution in [3.63, 3.8) is 0 Å². The van der Waals surface area contributed by atoms with E-state index in [1.165, 1.54) is 38.8 Å². The maximum Gasteiger partial charge on any atom is 0.120 e. The second-order valence-corrected chi connectivity index (χ2v) is 6.50. The number of phenols is 1. The Bertz CT molecular complexity index is 474. The number of aryl methyl sites for hydroxylation is 1. The standard InChI is InChI=1S/C17H26N2O/c1-12-5-6-16(17(20)10-12)13(2)18-14-7-9-19-8-3-4-15(19)11-14/h5-6,10,13-15,18,20H,3-4,7-9,11H2,1-2H3. The van der Waals surface area contributed by atoms with Crippen LogP contribution < -0.4 is 5.32 Å². The monoisotopic (exact) mass is 274 g/mol. The second-order valence-electron chi connectivity index (χ2n) is 6.50. The van der Waals surface area contributed by atoms with Crippen molar-refractivity contribution in [3.05, 3.63) is 29.3 Å². The summed E-state index contributed by atoms with van der Waals surface area (Å²) < 4.78 is 0. The molecule has 1 aromatic carbocycles. The van der Waals surface area contributed by atoms with Crippen LogP contribution in [0.2, 0.25) is 0 Å². The summed E-state index contributed by atoms with van der Waals surface area (Å²) in [5.74, 6) is 0.420. The minimum Gasteiger partial charge on any atom is -0.508 e. The van der Waals surface area contributed by atoms with Gasteiger partial charge in [0.2, 0.25) is 0 Å². The summed E-state index contributed by atoms with van der Waals surface area (Å²) in [4.78, 5) is 2.65. The molecule has 20 heavy (non-hydrogen) atoms. The summed E-state index contributed by atoms with van der Waals surface area (Å²) in [5.41, 5.74) is 2.13. The van der Waals surface area contributed by atoms with Crippen molar-refractivity contribution >= 4 is 0 Å². The maximum atomic E-state index is 10.1. The van der Waals surface area contributed by atoms with Gasteiger partial charge in [-0.15, -0.1) is 0 Å². The number of fused-ring (bicyclic) bond motifs is 1. The summed E-state index contributed by atoms with van der Waals surface area (Å²) in [5, 5.41) is 13.8. The minimum absolute atomic E-state index is 0.216. The highest BCUT2D eigenvalue weighted by Gasteiger charge is 2.32. The molecule has 3 unspecified atom stereocenters. The Balaban J connectivity index is 1.62.